The highest BCUT2D eigenvalue weighted by atomic mass is 32.1. The highest BCUT2D eigenvalue weighted by Crippen LogP contribution is 2.38. The quantitative estimate of drug-likeness (QED) is 0.481. The van der Waals surface area contributed by atoms with E-state index in [0.29, 0.717) is 27.9 Å². The zero-order valence-electron chi connectivity index (χ0n) is 20.5. The number of carbonyl (C=O) groups is 1. The lowest BCUT2D eigenvalue weighted by molar-refractivity contribution is 0.102. The lowest BCUT2D eigenvalue weighted by Crippen LogP contribution is -2.47. The largest absolute Gasteiger partial charge is 0.493 e. The predicted molar refractivity (Wildman–Crippen MR) is 137 cm³/mol. The van der Waals surface area contributed by atoms with Crippen LogP contribution in [0.5, 0.6) is 17.2 Å². The van der Waals surface area contributed by atoms with E-state index >= 15 is 0 Å². The van der Waals surface area contributed by atoms with E-state index in [-0.39, 0.29) is 5.91 Å². The zero-order valence-corrected chi connectivity index (χ0v) is 21.4. The summed E-state index contributed by atoms with van der Waals surface area (Å²) in [4.78, 5) is 17.7. The molecule has 1 aliphatic rings. The Hall–Kier alpha value is -3.37. The summed E-state index contributed by atoms with van der Waals surface area (Å²) in [6.07, 6.45) is 0.794. The summed E-state index contributed by atoms with van der Waals surface area (Å²) in [5.74, 6) is 0.943. The molecule has 9 nitrogen and oxygen atoms in total. The Labute approximate surface area is 209 Å². The molecule has 1 saturated heterocycles. The van der Waals surface area contributed by atoms with Gasteiger partial charge in [-0.15, -0.1) is 10.2 Å². The van der Waals surface area contributed by atoms with Crippen LogP contribution >= 0.6 is 11.3 Å². The molecule has 0 unspecified atom stereocenters. The van der Waals surface area contributed by atoms with Crippen LogP contribution in [0.3, 0.4) is 0 Å². The lowest BCUT2D eigenvalue weighted by Gasteiger charge is -2.36. The van der Waals surface area contributed by atoms with Gasteiger partial charge in [0, 0.05) is 50.4 Å². The molecule has 186 valence electrons. The molecule has 35 heavy (non-hydrogen) atoms. The minimum absolute atomic E-state index is 0.320. The van der Waals surface area contributed by atoms with Gasteiger partial charge in [0.15, 0.2) is 11.5 Å². The molecule has 0 aliphatic carbocycles. The number of hydrogen-bond acceptors (Lipinski definition) is 9. The van der Waals surface area contributed by atoms with Gasteiger partial charge in [0.05, 0.1) is 21.3 Å². The first kappa shape index (κ1) is 24.7. The SMILES string of the molecule is COc1cc(C(=O)Nc2nnc(CCN3CCN(c4cccc(C)c4)CC3)s2)cc(OC)c1OC. The fourth-order valence-corrected chi connectivity index (χ4v) is 4.82. The Morgan fingerprint density at radius 2 is 1.71 bits per heavy atom. The molecule has 4 rings (SSSR count). The molecule has 2 aromatic carbocycles. The van der Waals surface area contributed by atoms with E-state index in [0.717, 1.165) is 44.2 Å². The number of benzene rings is 2. The van der Waals surface area contributed by atoms with Crippen LogP contribution in [0, 0.1) is 6.92 Å². The van der Waals surface area contributed by atoms with Crippen molar-refractivity contribution in [3.05, 3.63) is 52.5 Å². The molecule has 1 aliphatic heterocycles. The van der Waals surface area contributed by atoms with Crippen LogP contribution < -0.4 is 24.4 Å². The first-order valence-corrected chi connectivity index (χ1v) is 12.3. The third-order valence-electron chi connectivity index (χ3n) is 6.00. The molecule has 0 radical (unpaired) electrons. The van der Waals surface area contributed by atoms with Crippen molar-refractivity contribution < 1.29 is 19.0 Å². The van der Waals surface area contributed by atoms with E-state index in [1.807, 2.05) is 0 Å². The van der Waals surface area contributed by atoms with Gasteiger partial charge in [-0.3, -0.25) is 15.0 Å². The second-order valence-corrected chi connectivity index (χ2v) is 9.35. The van der Waals surface area contributed by atoms with Crippen LogP contribution in [0.4, 0.5) is 10.8 Å². The first-order valence-electron chi connectivity index (χ1n) is 11.5. The van der Waals surface area contributed by atoms with Gasteiger partial charge in [0.2, 0.25) is 10.9 Å². The second-order valence-electron chi connectivity index (χ2n) is 8.29. The summed E-state index contributed by atoms with van der Waals surface area (Å²) in [6.45, 7) is 7.08. The monoisotopic (exact) mass is 497 g/mol. The Morgan fingerprint density at radius 3 is 2.34 bits per heavy atom. The van der Waals surface area contributed by atoms with Crippen molar-refractivity contribution in [1.82, 2.24) is 15.1 Å². The molecular formula is C25H31N5O4S. The minimum Gasteiger partial charge on any atom is -0.493 e. The molecule has 0 atom stereocenters. The number of hydrogen-bond donors (Lipinski definition) is 1. The Bertz CT molecular complexity index is 1140. The Kier molecular flexibility index (Phi) is 8.04. The van der Waals surface area contributed by atoms with Gasteiger partial charge in [-0.1, -0.05) is 23.5 Å². The van der Waals surface area contributed by atoms with Gasteiger partial charge in [-0.05, 0) is 36.8 Å². The van der Waals surface area contributed by atoms with Crippen molar-refractivity contribution in [2.24, 2.45) is 0 Å². The lowest BCUT2D eigenvalue weighted by atomic mass is 10.1. The summed E-state index contributed by atoms with van der Waals surface area (Å²) >= 11 is 1.39. The smallest absolute Gasteiger partial charge is 0.257 e. The van der Waals surface area contributed by atoms with Crippen LogP contribution in [-0.4, -0.2) is 75.1 Å². The standard InChI is InChI=1S/C25H31N5O4S/c1-17-6-5-7-19(14-17)30-12-10-29(11-13-30)9-8-22-27-28-25(35-22)26-24(31)18-15-20(32-2)23(34-4)21(16-18)33-3/h5-7,14-16H,8-13H2,1-4H3,(H,26,28,31). The number of nitrogens with one attached hydrogen (secondary N) is 1. The summed E-state index contributed by atoms with van der Waals surface area (Å²) in [7, 11) is 4.55. The molecule has 0 spiro atoms. The summed E-state index contributed by atoms with van der Waals surface area (Å²) in [5.41, 5.74) is 2.96. The Balaban J connectivity index is 1.29. The van der Waals surface area contributed by atoms with Gasteiger partial charge in [-0.2, -0.15) is 0 Å². The van der Waals surface area contributed by atoms with Crippen molar-refractivity contribution >= 4 is 28.1 Å². The number of nitrogens with zero attached hydrogens (tertiary/aromatic N) is 4. The topological polar surface area (TPSA) is 89.0 Å². The molecule has 1 aromatic heterocycles. The highest BCUT2D eigenvalue weighted by Gasteiger charge is 2.20. The molecule has 2 heterocycles. The van der Waals surface area contributed by atoms with Gasteiger partial charge in [-0.25, -0.2) is 0 Å². The van der Waals surface area contributed by atoms with Crippen molar-refractivity contribution in [2.45, 2.75) is 13.3 Å². The average Bonchev–Trinajstić information content (AvgIpc) is 3.33. The number of rotatable bonds is 9. The summed E-state index contributed by atoms with van der Waals surface area (Å²) in [6, 6.07) is 11.9. The zero-order chi connectivity index (χ0) is 24.8. The van der Waals surface area contributed by atoms with Crippen molar-refractivity contribution in [3.63, 3.8) is 0 Å². The fourth-order valence-electron chi connectivity index (χ4n) is 4.09. The average molecular weight is 498 g/mol. The molecule has 10 heteroatoms. The van der Waals surface area contributed by atoms with Gasteiger partial charge in [0.1, 0.15) is 5.01 Å². The van der Waals surface area contributed by atoms with Crippen LogP contribution in [0.15, 0.2) is 36.4 Å². The van der Waals surface area contributed by atoms with Crippen molar-refractivity contribution in [3.8, 4) is 17.2 Å². The van der Waals surface area contributed by atoms with Crippen LogP contribution in [-0.2, 0) is 6.42 Å². The van der Waals surface area contributed by atoms with E-state index in [1.54, 1.807) is 12.1 Å². The summed E-state index contributed by atoms with van der Waals surface area (Å²) in [5, 5.41) is 12.6. The normalized spacial score (nSPS) is 14.0. The molecule has 1 amide bonds. The third kappa shape index (κ3) is 6.01. The maximum Gasteiger partial charge on any atom is 0.257 e. The molecule has 3 aromatic rings. The van der Waals surface area contributed by atoms with Gasteiger partial charge in [0.25, 0.3) is 5.91 Å². The molecule has 0 saturated carbocycles. The van der Waals surface area contributed by atoms with E-state index in [4.69, 9.17) is 14.2 Å². The molecule has 1 fully saturated rings. The fraction of sp³-hybridized carbons (Fsp3) is 0.400. The van der Waals surface area contributed by atoms with E-state index < -0.39 is 0 Å². The maximum absolute atomic E-state index is 12.8. The van der Waals surface area contributed by atoms with Gasteiger partial charge >= 0.3 is 0 Å². The number of carbonyl (C=O) groups excluding carboxylic acids is 1. The third-order valence-corrected chi connectivity index (χ3v) is 6.89. The van der Waals surface area contributed by atoms with Crippen LogP contribution in [0.2, 0.25) is 0 Å². The number of amides is 1. The number of methoxy groups -OCH3 is 3. The summed E-state index contributed by atoms with van der Waals surface area (Å²) < 4.78 is 16.0. The number of piperazine rings is 1. The molecule has 0 bridgehead atoms. The number of aryl methyl sites for hydroxylation is 1. The van der Waals surface area contributed by atoms with Crippen LogP contribution in [0.1, 0.15) is 20.9 Å². The Morgan fingerprint density at radius 1 is 1.00 bits per heavy atom. The maximum atomic E-state index is 12.8. The molecule has 1 N–H and O–H groups in total. The number of aromatic nitrogens is 2. The highest BCUT2D eigenvalue weighted by molar-refractivity contribution is 7.15. The van der Waals surface area contributed by atoms with Crippen LogP contribution in [0.25, 0.3) is 0 Å². The second kappa shape index (κ2) is 11.4. The molecular weight excluding hydrogens is 466 g/mol. The van der Waals surface area contributed by atoms with E-state index in [1.165, 1.54) is 43.9 Å². The van der Waals surface area contributed by atoms with Crippen molar-refractivity contribution in [2.75, 3.05) is 64.3 Å². The number of anilines is 2. The van der Waals surface area contributed by atoms with Crippen molar-refractivity contribution in [1.29, 1.82) is 0 Å². The minimum atomic E-state index is -0.320. The first-order chi connectivity index (χ1) is 17.0. The van der Waals surface area contributed by atoms with Gasteiger partial charge < -0.3 is 19.1 Å². The number of ether oxygens (including phenoxy) is 3. The van der Waals surface area contributed by atoms with E-state index in [2.05, 4.69) is 56.5 Å². The predicted octanol–water partition coefficient (Wildman–Crippen LogP) is 3.49. The van der Waals surface area contributed by atoms with E-state index in [9.17, 15) is 4.79 Å².